The zero-order valence-corrected chi connectivity index (χ0v) is 16.6. The number of amides is 1. The second-order valence-electron chi connectivity index (χ2n) is 6.47. The van der Waals surface area contributed by atoms with Crippen LogP contribution in [-0.2, 0) is 10.0 Å². The summed E-state index contributed by atoms with van der Waals surface area (Å²) in [6.45, 7) is 2.54. The number of hydrogen-bond acceptors (Lipinski definition) is 5. The molecule has 1 amide bonds. The highest BCUT2D eigenvalue weighted by atomic mass is 35.5. The Bertz CT molecular complexity index is 1050. The van der Waals surface area contributed by atoms with Crippen LogP contribution in [0.5, 0.6) is 0 Å². The number of nitrogens with zero attached hydrogens (tertiary/aromatic N) is 2. The third-order valence-corrected chi connectivity index (χ3v) is 6.94. The Labute approximate surface area is 167 Å². The molecule has 1 N–H and O–H groups in total. The van der Waals surface area contributed by atoms with E-state index in [0.29, 0.717) is 18.7 Å². The van der Waals surface area contributed by atoms with Gasteiger partial charge in [0, 0.05) is 30.8 Å². The number of hydrogen-bond donors (Lipinski definition) is 1. The van der Waals surface area contributed by atoms with E-state index in [1.165, 1.54) is 40.7 Å². The van der Waals surface area contributed by atoms with E-state index in [4.69, 9.17) is 11.6 Å². The highest BCUT2D eigenvalue weighted by molar-refractivity contribution is 7.89. The van der Waals surface area contributed by atoms with Crippen molar-refractivity contribution in [2.75, 3.05) is 18.4 Å². The molecule has 0 radical (unpaired) electrons. The van der Waals surface area contributed by atoms with Gasteiger partial charge in [0.05, 0.1) is 15.6 Å². The number of carbonyl (C=O) groups is 1. The number of nitro benzene ring substituents is 1. The molecule has 28 heavy (non-hydrogen) atoms. The van der Waals surface area contributed by atoms with Gasteiger partial charge in [0.1, 0.15) is 4.90 Å². The first-order chi connectivity index (χ1) is 13.2. The maximum absolute atomic E-state index is 12.8. The van der Waals surface area contributed by atoms with Gasteiger partial charge in [-0.25, -0.2) is 8.42 Å². The molecular formula is C18H18ClN3O5S. The first-order valence-electron chi connectivity index (χ1n) is 8.56. The molecule has 0 spiro atoms. The van der Waals surface area contributed by atoms with Gasteiger partial charge in [-0.3, -0.25) is 14.9 Å². The molecule has 2 aromatic carbocycles. The molecule has 1 heterocycles. The van der Waals surface area contributed by atoms with Crippen molar-refractivity contribution < 1.29 is 18.1 Å². The fraction of sp³-hybridized carbons (Fsp3) is 0.278. The average Bonchev–Trinajstić information content (AvgIpc) is 3.19. The Morgan fingerprint density at radius 3 is 2.50 bits per heavy atom. The van der Waals surface area contributed by atoms with Crippen LogP contribution in [0.25, 0.3) is 0 Å². The molecule has 0 aliphatic carbocycles. The number of non-ortho nitro benzene ring substituents is 1. The van der Waals surface area contributed by atoms with E-state index in [-0.39, 0.29) is 26.9 Å². The van der Waals surface area contributed by atoms with Crippen LogP contribution in [0, 0.1) is 17.0 Å². The molecule has 10 heteroatoms. The summed E-state index contributed by atoms with van der Waals surface area (Å²) in [4.78, 5) is 22.9. The minimum atomic E-state index is -3.79. The van der Waals surface area contributed by atoms with Gasteiger partial charge in [-0.15, -0.1) is 0 Å². The number of rotatable bonds is 5. The van der Waals surface area contributed by atoms with Gasteiger partial charge < -0.3 is 5.32 Å². The second kappa shape index (κ2) is 7.86. The van der Waals surface area contributed by atoms with Gasteiger partial charge in [-0.2, -0.15) is 4.31 Å². The largest absolute Gasteiger partial charge is 0.321 e. The second-order valence-corrected chi connectivity index (χ2v) is 8.78. The smallest absolute Gasteiger partial charge is 0.271 e. The highest BCUT2D eigenvalue weighted by Crippen LogP contribution is 2.29. The summed E-state index contributed by atoms with van der Waals surface area (Å²) in [5.41, 5.74) is 0.846. The van der Waals surface area contributed by atoms with Crippen molar-refractivity contribution in [1.82, 2.24) is 4.31 Å². The summed E-state index contributed by atoms with van der Waals surface area (Å²) in [7, 11) is -3.79. The Balaban J connectivity index is 1.91. The topological polar surface area (TPSA) is 110 Å². The van der Waals surface area contributed by atoms with Crippen LogP contribution in [0.3, 0.4) is 0 Å². The lowest BCUT2D eigenvalue weighted by Gasteiger charge is -2.17. The number of benzene rings is 2. The Morgan fingerprint density at radius 1 is 1.18 bits per heavy atom. The van der Waals surface area contributed by atoms with Crippen LogP contribution in [0.15, 0.2) is 41.3 Å². The van der Waals surface area contributed by atoms with Crippen LogP contribution in [-0.4, -0.2) is 36.6 Å². The molecular weight excluding hydrogens is 406 g/mol. The van der Waals surface area contributed by atoms with Gasteiger partial charge in [0.25, 0.3) is 11.6 Å². The van der Waals surface area contributed by atoms with Crippen molar-refractivity contribution in [3.05, 3.63) is 62.7 Å². The van der Waals surface area contributed by atoms with Gasteiger partial charge >= 0.3 is 0 Å². The van der Waals surface area contributed by atoms with Crippen LogP contribution in [0.1, 0.15) is 28.8 Å². The highest BCUT2D eigenvalue weighted by Gasteiger charge is 2.29. The molecule has 1 aliphatic rings. The molecule has 1 fully saturated rings. The lowest BCUT2D eigenvalue weighted by molar-refractivity contribution is -0.384. The quantitative estimate of drug-likeness (QED) is 0.583. The maximum atomic E-state index is 12.8. The molecule has 0 aromatic heterocycles. The number of nitro groups is 1. The maximum Gasteiger partial charge on any atom is 0.271 e. The molecule has 8 nitrogen and oxygen atoms in total. The van der Waals surface area contributed by atoms with Gasteiger partial charge in [-0.1, -0.05) is 17.7 Å². The third-order valence-electron chi connectivity index (χ3n) is 4.56. The predicted molar refractivity (Wildman–Crippen MR) is 105 cm³/mol. The van der Waals surface area contributed by atoms with E-state index in [2.05, 4.69) is 5.32 Å². The molecule has 0 unspecified atom stereocenters. The van der Waals surface area contributed by atoms with Crippen molar-refractivity contribution in [1.29, 1.82) is 0 Å². The van der Waals surface area contributed by atoms with E-state index in [0.717, 1.165) is 12.8 Å². The average molecular weight is 424 g/mol. The first-order valence-corrected chi connectivity index (χ1v) is 10.4. The van der Waals surface area contributed by atoms with Crippen molar-refractivity contribution in [3.63, 3.8) is 0 Å². The minimum Gasteiger partial charge on any atom is -0.321 e. The van der Waals surface area contributed by atoms with Crippen LogP contribution < -0.4 is 5.32 Å². The fourth-order valence-corrected chi connectivity index (χ4v) is 4.98. The van der Waals surface area contributed by atoms with E-state index in [1.807, 2.05) is 0 Å². The van der Waals surface area contributed by atoms with Crippen molar-refractivity contribution in [3.8, 4) is 0 Å². The summed E-state index contributed by atoms with van der Waals surface area (Å²) >= 11 is 6.09. The minimum absolute atomic E-state index is 0.0370. The fourth-order valence-electron chi connectivity index (χ4n) is 2.96. The van der Waals surface area contributed by atoms with E-state index < -0.39 is 20.9 Å². The van der Waals surface area contributed by atoms with Gasteiger partial charge in [0.15, 0.2) is 0 Å². The number of nitrogens with one attached hydrogen (secondary N) is 1. The zero-order chi connectivity index (χ0) is 20.5. The molecule has 1 saturated heterocycles. The van der Waals surface area contributed by atoms with Crippen molar-refractivity contribution >= 4 is 38.9 Å². The van der Waals surface area contributed by atoms with Crippen LogP contribution in [0.2, 0.25) is 5.02 Å². The summed E-state index contributed by atoms with van der Waals surface area (Å²) in [6, 6.07) is 8.13. The van der Waals surface area contributed by atoms with Gasteiger partial charge in [-0.05, 0) is 43.5 Å². The van der Waals surface area contributed by atoms with Crippen LogP contribution in [0.4, 0.5) is 11.4 Å². The molecule has 3 rings (SSSR count). The first kappa shape index (κ1) is 20.2. The molecule has 0 atom stereocenters. The lowest BCUT2D eigenvalue weighted by atomic mass is 10.1. The summed E-state index contributed by atoms with van der Waals surface area (Å²) < 4.78 is 26.9. The molecule has 0 bridgehead atoms. The number of sulfonamides is 1. The predicted octanol–water partition coefficient (Wildman–Crippen LogP) is 3.59. The third kappa shape index (κ3) is 4.01. The lowest BCUT2D eigenvalue weighted by Crippen LogP contribution is -2.28. The van der Waals surface area contributed by atoms with Crippen LogP contribution >= 0.6 is 11.6 Å². The standard InChI is InChI=1S/C18H18ClN3O5S/c1-12-4-6-14(22(24)25)11-16(12)20-18(23)13-5-7-15(19)17(10-13)28(26,27)21-8-2-3-9-21/h4-7,10-11H,2-3,8-9H2,1H3,(H,20,23). The van der Waals surface area contributed by atoms with E-state index in [1.54, 1.807) is 6.92 Å². The van der Waals surface area contributed by atoms with E-state index in [9.17, 15) is 23.3 Å². The molecule has 0 saturated carbocycles. The summed E-state index contributed by atoms with van der Waals surface area (Å²) in [6.07, 6.45) is 1.56. The number of halogens is 1. The monoisotopic (exact) mass is 423 g/mol. The Hall–Kier alpha value is -2.49. The van der Waals surface area contributed by atoms with E-state index >= 15 is 0 Å². The van der Waals surface area contributed by atoms with Crippen molar-refractivity contribution in [2.24, 2.45) is 0 Å². The summed E-state index contributed by atoms with van der Waals surface area (Å²) in [5, 5.41) is 13.6. The number of carbonyl (C=O) groups excluding carboxylic acids is 1. The summed E-state index contributed by atoms with van der Waals surface area (Å²) in [5.74, 6) is -0.585. The van der Waals surface area contributed by atoms with Gasteiger partial charge in [0.2, 0.25) is 10.0 Å². The molecule has 148 valence electrons. The normalized spacial score (nSPS) is 14.8. The molecule has 1 aliphatic heterocycles. The zero-order valence-electron chi connectivity index (χ0n) is 15.0. The Morgan fingerprint density at radius 2 is 1.86 bits per heavy atom. The Kier molecular flexibility index (Phi) is 5.69. The van der Waals surface area contributed by atoms with Crippen molar-refractivity contribution in [2.45, 2.75) is 24.7 Å². The SMILES string of the molecule is Cc1ccc([N+](=O)[O-])cc1NC(=O)c1ccc(Cl)c(S(=O)(=O)N2CCCC2)c1. The number of anilines is 1. The molecule has 2 aromatic rings. The number of aryl methyl sites for hydroxylation is 1.